The first-order chi connectivity index (χ1) is 8.40. The highest BCUT2D eigenvalue weighted by Gasteiger charge is 2.20. The van der Waals surface area contributed by atoms with Crippen LogP contribution in [0, 0.1) is 11.3 Å². The summed E-state index contributed by atoms with van der Waals surface area (Å²) in [5, 5.41) is 14.9. The molecular weight excluding hydrogens is 230 g/mol. The second-order valence-electron chi connectivity index (χ2n) is 5.71. The fourth-order valence-corrected chi connectivity index (χ4v) is 2.02. The molecule has 5 heteroatoms. The third kappa shape index (κ3) is 5.87. The number of hydrogen-bond donors (Lipinski definition) is 2. The van der Waals surface area contributed by atoms with Gasteiger partial charge in [0.1, 0.15) is 11.6 Å². The lowest BCUT2D eigenvalue weighted by molar-refractivity contribution is 0.0524. The van der Waals surface area contributed by atoms with Crippen LogP contribution in [0.3, 0.4) is 0 Å². The Bertz CT molecular complexity index is 311. The Balaban J connectivity index is 2.26. The van der Waals surface area contributed by atoms with Crippen molar-refractivity contribution in [3.63, 3.8) is 0 Å². The van der Waals surface area contributed by atoms with Gasteiger partial charge in [0.25, 0.3) is 0 Å². The Hall–Kier alpha value is -1.28. The molecule has 1 fully saturated rings. The number of carbonyl (C=O) groups is 1. The molecule has 1 rings (SSSR count). The molecule has 0 spiro atoms. The smallest absolute Gasteiger partial charge is 0.407 e. The summed E-state index contributed by atoms with van der Waals surface area (Å²) in [5.41, 5.74) is -0.509. The quantitative estimate of drug-likeness (QED) is 0.803. The van der Waals surface area contributed by atoms with Gasteiger partial charge in [0.2, 0.25) is 0 Å². The summed E-state index contributed by atoms with van der Waals surface area (Å²) in [6, 6.07) is 2.23. The molecule has 0 heterocycles. The number of amides is 1. The van der Waals surface area contributed by atoms with Gasteiger partial charge in [-0.2, -0.15) is 5.26 Å². The van der Waals surface area contributed by atoms with Gasteiger partial charge in [-0.1, -0.05) is 12.8 Å². The zero-order valence-corrected chi connectivity index (χ0v) is 11.5. The van der Waals surface area contributed by atoms with Crippen molar-refractivity contribution in [3.05, 3.63) is 0 Å². The van der Waals surface area contributed by atoms with Gasteiger partial charge in [0, 0.05) is 12.6 Å². The normalized spacial score (nSPS) is 18.1. The lowest BCUT2D eigenvalue weighted by Gasteiger charge is -2.21. The minimum absolute atomic E-state index is 0.280. The van der Waals surface area contributed by atoms with Crippen LogP contribution in [0.25, 0.3) is 0 Å². The van der Waals surface area contributed by atoms with Gasteiger partial charge in [-0.05, 0) is 33.6 Å². The van der Waals surface area contributed by atoms with E-state index in [4.69, 9.17) is 10.00 Å². The summed E-state index contributed by atoms with van der Waals surface area (Å²) >= 11 is 0. The second-order valence-corrected chi connectivity index (χ2v) is 5.71. The molecule has 1 aliphatic rings. The molecule has 2 N–H and O–H groups in total. The van der Waals surface area contributed by atoms with E-state index in [1.807, 2.05) is 20.8 Å². The van der Waals surface area contributed by atoms with Crippen molar-refractivity contribution in [1.29, 1.82) is 5.26 Å². The lowest BCUT2D eigenvalue weighted by Crippen LogP contribution is -2.45. The average molecular weight is 253 g/mol. The summed E-state index contributed by atoms with van der Waals surface area (Å²) in [5.74, 6) is 0. The highest BCUT2D eigenvalue weighted by Crippen LogP contribution is 2.17. The first-order valence-corrected chi connectivity index (χ1v) is 6.53. The molecule has 5 nitrogen and oxygen atoms in total. The fourth-order valence-electron chi connectivity index (χ4n) is 2.02. The Morgan fingerprint density at radius 2 is 2.06 bits per heavy atom. The first-order valence-electron chi connectivity index (χ1n) is 6.53. The molecule has 1 aliphatic carbocycles. The van der Waals surface area contributed by atoms with Gasteiger partial charge >= 0.3 is 6.09 Å². The largest absolute Gasteiger partial charge is 0.444 e. The van der Waals surface area contributed by atoms with E-state index in [1.165, 1.54) is 12.8 Å². The summed E-state index contributed by atoms with van der Waals surface area (Å²) in [6.45, 7) is 5.71. The first kappa shape index (κ1) is 14.8. The van der Waals surface area contributed by atoms with Gasteiger partial charge in [-0.3, -0.25) is 5.32 Å². The Morgan fingerprint density at radius 1 is 1.44 bits per heavy atom. The molecule has 0 aliphatic heterocycles. The van der Waals surface area contributed by atoms with Crippen molar-refractivity contribution < 1.29 is 9.53 Å². The maximum Gasteiger partial charge on any atom is 0.407 e. The third-order valence-corrected chi connectivity index (χ3v) is 2.80. The predicted octanol–water partition coefficient (Wildman–Crippen LogP) is 1.94. The Morgan fingerprint density at radius 3 is 2.56 bits per heavy atom. The predicted molar refractivity (Wildman–Crippen MR) is 69.0 cm³/mol. The summed E-state index contributed by atoms with van der Waals surface area (Å²) in [4.78, 5) is 11.4. The molecule has 18 heavy (non-hydrogen) atoms. The van der Waals surface area contributed by atoms with Crippen LogP contribution in [-0.2, 0) is 4.74 Å². The number of ether oxygens (including phenoxy) is 1. The van der Waals surface area contributed by atoms with E-state index in [9.17, 15) is 4.79 Å². The van der Waals surface area contributed by atoms with Gasteiger partial charge in [-0.15, -0.1) is 0 Å². The number of hydrogen-bond acceptors (Lipinski definition) is 4. The zero-order valence-electron chi connectivity index (χ0n) is 11.5. The minimum Gasteiger partial charge on any atom is -0.444 e. The molecule has 0 bridgehead atoms. The van der Waals surface area contributed by atoms with Crippen LogP contribution in [-0.4, -0.2) is 30.3 Å². The third-order valence-electron chi connectivity index (χ3n) is 2.80. The molecule has 0 radical (unpaired) electrons. The van der Waals surface area contributed by atoms with Gasteiger partial charge in [0.05, 0.1) is 6.07 Å². The fraction of sp³-hybridized carbons (Fsp3) is 0.846. The van der Waals surface area contributed by atoms with E-state index in [0.29, 0.717) is 6.04 Å². The van der Waals surface area contributed by atoms with Crippen LogP contribution in [0.1, 0.15) is 46.5 Å². The van der Waals surface area contributed by atoms with Crippen LogP contribution >= 0.6 is 0 Å². The second kappa shape index (κ2) is 6.60. The molecule has 1 atom stereocenters. The number of nitriles is 1. The molecular formula is C13H23N3O2. The van der Waals surface area contributed by atoms with E-state index in [-0.39, 0.29) is 12.6 Å². The lowest BCUT2D eigenvalue weighted by atomic mass is 10.2. The molecule has 1 saturated carbocycles. The number of alkyl carbamates (subject to hydrolysis) is 1. The summed E-state index contributed by atoms with van der Waals surface area (Å²) < 4.78 is 5.12. The molecule has 0 aromatic rings. The van der Waals surface area contributed by atoms with Gasteiger partial charge in [0.15, 0.2) is 0 Å². The van der Waals surface area contributed by atoms with Crippen molar-refractivity contribution in [2.45, 2.75) is 64.1 Å². The van der Waals surface area contributed by atoms with Crippen molar-refractivity contribution >= 4 is 6.09 Å². The number of nitrogens with zero attached hydrogens (tertiary/aromatic N) is 1. The van der Waals surface area contributed by atoms with Gasteiger partial charge < -0.3 is 10.1 Å². The SMILES string of the molecule is CC(C)(C)OC(=O)NCC(C#N)NC1CCCC1. The molecule has 0 aromatic heterocycles. The van der Waals surface area contributed by atoms with E-state index >= 15 is 0 Å². The number of carbonyl (C=O) groups excluding carboxylic acids is 1. The summed E-state index contributed by atoms with van der Waals surface area (Å²) in [6.07, 6.45) is 4.19. The monoisotopic (exact) mass is 253 g/mol. The van der Waals surface area contributed by atoms with E-state index in [1.54, 1.807) is 0 Å². The maximum atomic E-state index is 11.4. The summed E-state index contributed by atoms with van der Waals surface area (Å²) in [7, 11) is 0. The van der Waals surface area contributed by atoms with E-state index in [0.717, 1.165) is 12.8 Å². The molecule has 1 unspecified atom stereocenters. The van der Waals surface area contributed by atoms with Crippen LogP contribution in [0.15, 0.2) is 0 Å². The molecule has 0 saturated heterocycles. The van der Waals surface area contributed by atoms with Crippen LogP contribution < -0.4 is 10.6 Å². The molecule has 1 amide bonds. The standard InChI is InChI=1S/C13H23N3O2/c1-13(2,3)18-12(17)15-9-11(8-14)16-10-6-4-5-7-10/h10-11,16H,4-7,9H2,1-3H3,(H,15,17). The van der Waals surface area contributed by atoms with Crippen molar-refractivity contribution in [1.82, 2.24) is 10.6 Å². The van der Waals surface area contributed by atoms with Crippen LogP contribution in [0.5, 0.6) is 0 Å². The van der Waals surface area contributed by atoms with Crippen LogP contribution in [0.4, 0.5) is 4.79 Å². The highest BCUT2D eigenvalue weighted by atomic mass is 16.6. The van der Waals surface area contributed by atoms with Crippen LogP contribution in [0.2, 0.25) is 0 Å². The van der Waals surface area contributed by atoms with Gasteiger partial charge in [-0.25, -0.2) is 4.79 Å². The highest BCUT2D eigenvalue weighted by molar-refractivity contribution is 5.67. The molecule has 0 aromatic carbocycles. The number of nitrogens with one attached hydrogen (secondary N) is 2. The van der Waals surface area contributed by atoms with E-state index in [2.05, 4.69) is 16.7 Å². The van der Waals surface area contributed by atoms with Crippen molar-refractivity contribution in [2.24, 2.45) is 0 Å². The number of rotatable bonds is 4. The molecule has 102 valence electrons. The van der Waals surface area contributed by atoms with Crippen molar-refractivity contribution in [2.75, 3.05) is 6.54 Å². The Kier molecular flexibility index (Phi) is 5.42. The Labute approximate surface area is 109 Å². The topological polar surface area (TPSA) is 74.1 Å². The maximum absolute atomic E-state index is 11.4. The van der Waals surface area contributed by atoms with Crippen molar-refractivity contribution in [3.8, 4) is 6.07 Å². The zero-order chi connectivity index (χ0) is 13.6. The average Bonchev–Trinajstić information content (AvgIpc) is 2.74. The minimum atomic E-state index is -0.509. The van der Waals surface area contributed by atoms with E-state index < -0.39 is 11.7 Å².